The van der Waals surface area contributed by atoms with Crippen LogP contribution < -0.4 is 32.3 Å². The molecule has 50 heavy (non-hydrogen) atoms. The number of urea groups is 1. The molecule has 276 valence electrons. The fourth-order valence-electron chi connectivity index (χ4n) is 6.64. The summed E-state index contributed by atoms with van der Waals surface area (Å²) in [6.45, 7) is 8.97. The minimum Gasteiger partial charge on any atom is -0.449 e. The Labute approximate surface area is 294 Å². The second kappa shape index (κ2) is 19.2. The smallest absolute Gasteiger partial charge is 0.407 e. The maximum atomic E-state index is 13.3. The number of carbonyl (C=O) groups is 5. The topological polar surface area (TPSA) is 210 Å². The molecule has 0 aromatic heterocycles. The molecule has 1 unspecified atom stereocenters. The van der Waals surface area contributed by atoms with Gasteiger partial charge < -0.3 is 46.9 Å². The minimum atomic E-state index is -0.973. The SMILES string of the molecule is CC(C)[C@H](NC(=O)CCOCCNC(=O)OCC1[C@]2(C)CCC#CCC[C@]12C)C(=O)N[C@@H](CCCNC(N)=O)C(=O)Nc1ccc(CO)cc1. The van der Waals surface area contributed by atoms with E-state index in [0.29, 0.717) is 30.2 Å². The number of aliphatic hydroxyl groups excluding tert-OH is 1. The van der Waals surface area contributed by atoms with Gasteiger partial charge in [-0.2, -0.15) is 0 Å². The van der Waals surface area contributed by atoms with Crippen LogP contribution in [0.5, 0.6) is 0 Å². The van der Waals surface area contributed by atoms with E-state index in [0.717, 1.165) is 25.7 Å². The van der Waals surface area contributed by atoms with Crippen LogP contribution in [0, 0.1) is 34.5 Å². The molecule has 14 nitrogen and oxygen atoms in total. The van der Waals surface area contributed by atoms with Crippen LogP contribution in [0.1, 0.15) is 78.2 Å². The highest BCUT2D eigenvalue weighted by Gasteiger charge is 2.69. The molecule has 1 aromatic rings. The number of ether oxygens (including phenoxy) is 2. The molecule has 2 aliphatic rings. The summed E-state index contributed by atoms with van der Waals surface area (Å²) < 4.78 is 11.0. The second-order valence-electron chi connectivity index (χ2n) is 13.8. The molecule has 0 spiro atoms. The zero-order chi connectivity index (χ0) is 36.7. The number of nitrogens with one attached hydrogen (secondary N) is 5. The van der Waals surface area contributed by atoms with Crippen molar-refractivity contribution in [3.05, 3.63) is 29.8 Å². The molecular weight excluding hydrogens is 644 g/mol. The molecule has 2 aliphatic carbocycles. The fourth-order valence-corrected chi connectivity index (χ4v) is 6.64. The van der Waals surface area contributed by atoms with Crippen molar-refractivity contribution < 1.29 is 38.6 Å². The van der Waals surface area contributed by atoms with E-state index in [1.807, 2.05) is 0 Å². The molecule has 3 rings (SSSR count). The van der Waals surface area contributed by atoms with Gasteiger partial charge in [-0.25, -0.2) is 9.59 Å². The average Bonchev–Trinajstić information content (AvgIpc) is 3.51. The lowest BCUT2D eigenvalue weighted by Gasteiger charge is -2.25. The summed E-state index contributed by atoms with van der Waals surface area (Å²) in [6.07, 6.45) is 3.78. The summed E-state index contributed by atoms with van der Waals surface area (Å²) in [5.74, 6) is 5.00. The molecule has 6 amide bonds. The van der Waals surface area contributed by atoms with Gasteiger partial charge in [-0.3, -0.25) is 14.4 Å². The van der Waals surface area contributed by atoms with Crippen LogP contribution in [0.4, 0.5) is 15.3 Å². The monoisotopic (exact) mass is 698 g/mol. The summed E-state index contributed by atoms with van der Waals surface area (Å²) in [4.78, 5) is 62.5. The highest BCUT2D eigenvalue weighted by atomic mass is 16.5. The Kier molecular flexibility index (Phi) is 15.4. The lowest BCUT2D eigenvalue weighted by molar-refractivity contribution is -0.132. The number of anilines is 1. The van der Waals surface area contributed by atoms with E-state index in [1.54, 1.807) is 38.1 Å². The van der Waals surface area contributed by atoms with Crippen LogP contribution >= 0.6 is 0 Å². The van der Waals surface area contributed by atoms with Gasteiger partial charge in [0.2, 0.25) is 17.7 Å². The lowest BCUT2D eigenvalue weighted by atomic mass is 9.87. The lowest BCUT2D eigenvalue weighted by Crippen LogP contribution is -2.54. The van der Waals surface area contributed by atoms with Gasteiger partial charge in [0.25, 0.3) is 0 Å². The summed E-state index contributed by atoms with van der Waals surface area (Å²) in [5, 5.41) is 22.6. The Balaban J connectivity index is 1.39. The molecule has 5 atom stereocenters. The maximum Gasteiger partial charge on any atom is 0.407 e. The van der Waals surface area contributed by atoms with Crippen molar-refractivity contribution in [3.8, 4) is 11.8 Å². The zero-order valence-corrected chi connectivity index (χ0v) is 29.7. The molecule has 1 fully saturated rings. The van der Waals surface area contributed by atoms with Crippen LogP contribution in [0.2, 0.25) is 0 Å². The first-order valence-corrected chi connectivity index (χ1v) is 17.4. The number of alkyl carbamates (subject to hydrolysis) is 1. The van der Waals surface area contributed by atoms with Gasteiger partial charge in [-0.15, -0.1) is 11.8 Å². The largest absolute Gasteiger partial charge is 0.449 e. The standard InChI is InChI=1S/C36H54N6O8/c1-24(2)30(32(46)41-27(10-9-18-38-33(37)47)31(45)40-26-13-11-25(22-43)12-14-26)42-29(44)15-20-49-21-19-39-34(48)50-23-28-35(3)16-7-5-6-8-17-36(28,35)4/h11-14,24,27-28,30,43H,7-10,15-23H2,1-4H3,(H,39,48)(H,40,45)(H,41,46)(H,42,44)(H3,37,38,47)/t27-,28?,30-,35-,36+/m0/s1. The zero-order valence-electron chi connectivity index (χ0n) is 29.7. The van der Waals surface area contributed by atoms with E-state index in [4.69, 9.17) is 15.2 Å². The van der Waals surface area contributed by atoms with E-state index in [2.05, 4.69) is 52.3 Å². The van der Waals surface area contributed by atoms with E-state index in [-0.39, 0.29) is 62.5 Å². The number of fused-ring (bicyclic) bond motifs is 1. The third-order valence-electron chi connectivity index (χ3n) is 10.1. The van der Waals surface area contributed by atoms with Crippen molar-refractivity contribution in [2.45, 2.75) is 91.3 Å². The highest BCUT2D eigenvalue weighted by Crippen LogP contribution is 2.73. The Morgan fingerprint density at radius 3 is 2.20 bits per heavy atom. The molecule has 0 radical (unpaired) electrons. The number of benzene rings is 1. The molecule has 14 heteroatoms. The van der Waals surface area contributed by atoms with Gasteiger partial charge in [0.15, 0.2) is 0 Å². The molecule has 0 aliphatic heterocycles. The Hall–Kier alpha value is -4.35. The summed E-state index contributed by atoms with van der Waals surface area (Å²) in [5.41, 5.74) is 6.55. The van der Waals surface area contributed by atoms with Crippen molar-refractivity contribution in [3.63, 3.8) is 0 Å². The first-order chi connectivity index (χ1) is 23.8. The summed E-state index contributed by atoms with van der Waals surface area (Å²) in [7, 11) is 0. The van der Waals surface area contributed by atoms with Gasteiger partial charge in [-0.1, -0.05) is 39.8 Å². The van der Waals surface area contributed by atoms with Gasteiger partial charge in [0.05, 0.1) is 26.4 Å². The van der Waals surface area contributed by atoms with E-state index >= 15 is 0 Å². The normalized spacial score (nSPS) is 21.8. The fraction of sp³-hybridized carbons (Fsp3) is 0.639. The molecule has 8 N–H and O–H groups in total. The second-order valence-corrected chi connectivity index (χ2v) is 13.8. The number of aliphatic hydroxyl groups is 1. The number of carbonyl (C=O) groups excluding carboxylic acids is 5. The third-order valence-corrected chi connectivity index (χ3v) is 10.1. The number of amides is 6. The van der Waals surface area contributed by atoms with Crippen molar-refractivity contribution in [1.82, 2.24) is 21.3 Å². The quantitative estimate of drug-likeness (QED) is 0.0841. The number of hydrogen-bond acceptors (Lipinski definition) is 8. The van der Waals surface area contributed by atoms with Crippen molar-refractivity contribution >= 4 is 35.5 Å². The van der Waals surface area contributed by atoms with E-state index in [9.17, 15) is 29.1 Å². The molecule has 0 bridgehead atoms. The number of rotatable bonds is 19. The summed E-state index contributed by atoms with van der Waals surface area (Å²) in [6, 6.07) is 4.00. The highest BCUT2D eigenvalue weighted by molar-refractivity contribution is 5.98. The summed E-state index contributed by atoms with van der Waals surface area (Å²) >= 11 is 0. The molecule has 0 saturated heterocycles. The Morgan fingerprint density at radius 2 is 1.60 bits per heavy atom. The first-order valence-electron chi connectivity index (χ1n) is 17.4. The van der Waals surface area contributed by atoms with Crippen LogP contribution in [0.3, 0.4) is 0 Å². The number of nitrogens with two attached hydrogens (primary N) is 1. The van der Waals surface area contributed by atoms with Crippen molar-refractivity contribution in [2.24, 2.45) is 28.4 Å². The predicted molar refractivity (Wildman–Crippen MR) is 187 cm³/mol. The number of primary amides is 1. The van der Waals surface area contributed by atoms with Gasteiger partial charge in [0, 0.05) is 44.0 Å². The first kappa shape index (κ1) is 40.1. The van der Waals surface area contributed by atoms with Crippen molar-refractivity contribution in [2.75, 3.05) is 38.2 Å². The third kappa shape index (κ3) is 11.6. The van der Waals surface area contributed by atoms with Crippen LogP contribution in [0.15, 0.2) is 24.3 Å². The Morgan fingerprint density at radius 1 is 0.940 bits per heavy atom. The maximum absolute atomic E-state index is 13.3. The van der Waals surface area contributed by atoms with Crippen molar-refractivity contribution in [1.29, 1.82) is 0 Å². The van der Waals surface area contributed by atoms with E-state index < -0.39 is 41.9 Å². The van der Waals surface area contributed by atoms with Crippen LogP contribution in [0.25, 0.3) is 0 Å². The van der Waals surface area contributed by atoms with Gasteiger partial charge in [-0.05, 0) is 60.1 Å². The minimum absolute atomic E-state index is 0.0178. The van der Waals surface area contributed by atoms with E-state index in [1.165, 1.54) is 0 Å². The molecule has 1 saturated carbocycles. The van der Waals surface area contributed by atoms with Crippen LogP contribution in [-0.4, -0.2) is 79.9 Å². The Bertz CT molecular complexity index is 1370. The average molecular weight is 699 g/mol. The van der Waals surface area contributed by atoms with Crippen LogP contribution in [-0.2, 0) is 30.5 Å². The van der Waals surface area contributed by atoms with Gasteiger partial charge >= 0.3 is 12.1 Å². The molecule has 0 heterocycles. The number of hydrogen-bond donors (Lipinski definition) is 7. The molecule has 1 aromatic carbocycles. The van der Waals surface area contributed by atoms with Gasteiger partial charge in [0.1, 0.15) is 12.1 Å². The predicted octanol–water partition coefficient (Wildman–Crippen LogP) is 2.54. The molecular formula is C36H54N6O8.